The van der Waals surface area contributed by atoms with E-state index >= 15 is 0 Å². The zero-order valence-corrected chi connectivity index (χ0v) is 14.0. The molecule has 6 heteroatoms. The molecule has 0 spiro atoms. The van der Waals surface area contributed by atoms with Crippen LogP contribution in [0.15, 0.2) is 15.9 Å². The Hall–Kier alpha value is -0.590. The van der Waals surface area contributed by atoms with Crippen LogP contribution < -0.4 is 5.32 Å². The van der Waals surface area contributed by atoms with Crippen molar-refractivity contribution in [3.63, 3.8) is 0 Å². The van der Waals surface area contributed by atoms with Crippen molar-refractivity contribution in [1.29, 1.82) is 0 Å². The number of thiazole rings is 1. The molecule has 3 rings (SSSR count). The van der Waals surface area contributed by atoms with E-state index in [1.54, 1.807) is 11.3 Å². The van der Waals surface area contributed by atoms with Crippen molar-refractivity contribution in [2.45, 2.75) is 66.6 Å². The number of ether oxygens (including phenoxy) is 1. The number of aromatic nitrogens is 1. The minimum absolute atomic E-state index is 0.0543. The molecule has 1 N–H and O–H groups in total. The summed E-state index contributed by atoms with van der Waals surface area (Å²) in [6.07, 6.45) is 8.19. The molecule has 2 aliphatic rings. The van der Waals surface area contributed by atoms with E-state index in [-0.39, 0.29) is 5.97 Å². The SMILES string of the molecule is CCOC(=O)C1(NC2CC2)CCCC(Sc2nccs2)C1. The predicted molar refractivity (Wildman–Crippen MR) is 85.7 cm³/mol. The summed E-state index contributed by atoms with van der Waals surface area (Å²) in [5.74, 6) is -0.0543. The molecule has 1 aromatic heterocycles. The van der Waals surface area contributed by atoms with Crippen LogP contribution in [0.2, 0.25) is 0 Å². The van der Waals surface area contributed by atoms with Crippen molar-refractivity contribution >= 4 is 29.1 Å². The second-order valence-electron chi connectivity index (χ2n) is 5.86. The van der Waals surface area contributed by atoms with Crippen LogP contribution in [-0.4, -0.2) is 34.4 Å². The van der Waals surface area contributed by atoms with Gasteiger partial charge < -0.3 is 4.74 Å². The van der Waals surface area contributed by atoms with Gasteiger partial charge in [0, 0.05) is 22.9 Å². The van der Waals surface area contributed by atoms with E-state index < -0.39 is 5.54 Å². The fourth-order valence-corrected chi connectivity index (χ4v) is 5.22. The first kappa shape index (κ1) is 15.3. The van der Waals surface area contributed by atoms with Gasteiger partial charge in [0.05, 0.1) is 6.61 Å². The highest BCUT2D eigenvalue weighted by molar-refractivity contribution is 8.01. The number of rotatable bonds is 6. The van der Waals surface area contributed by atoms with Crippen molar-refractivity contribution in [2.75, 3.05) is 6.61 Å². The van der Waals surface area contributed by atoms with Crippen LogP contribution in [0.25, 0.3) is 0 Å². The summed E-state index contributed by atoms with van der Waals surface area (Å²) in [4.78, 5) is 16.9. The Labute approximate surface area is 134 Å². The maximum Gasteiger partial charge on any atom is 0.326 e. The molecule has 0 aliphatic heterocycles. The Bertz CT molecular complexity index is 476. The van der Waals surface area contributed by atoms with Gasteiger partial charge in [-0.1, -0.05) is 11.8 Å². The smallest absolute Gasteiger partial charge is 0.326 e. The van der Waals surface area contributed by atoms with E-state index in [0.717, 1.165) is 30.0 Å². The van der Waals surface area contributed by atoms with Gasteiger partial charge in [-0.25, -0.2) is 4.98 Å². The molecule has 0 bridgehead atoms. The largest absolute Gasteiger partial charge is 0.465 e. The van der Waals surface area contributed by atoms with Crippen LogP contribution >= 0.6 is 23.1 Å². The van der Waals surface area contributed by atoms with Gasteiger partial charge in [-0.05, 0) is 45.4 Å². The Morgan fingerprint density at radius 2 is 2.43 bits per heavy atom. The van der Waals surface area contributed by atoms with Gasteiger partial charge in [0.2, 0.25) is 0 Å². The number of nitrogens with one attached hydrogen (secondary N) is 1. The minimum Gasteiger partial charge on any atom is -0.465 e. The third kappa shape index (κ3) is 3.79. The van der Waals surface area contributed by atoms with E-state index in [1.807, 2.05) is 30.3 Å². The molecule has 0 amide bonds. The predicted octanol–water partition coefficient (Wildman–Crippen LogP) is 3.23. The van der Waals surface area contributed by atoms with E-state index in [9.17, 15) is 4.79 Å². The number of carbonyl (C=O) groups is 1. The first-order valence-corrected chi connectivity index (χ1v) is 9.49. The molecule has 0 radical (unpaired) electrons. The molecule has 2 unspecified atom stereocenters. The Morgan fingerprint density at radius 1 is 1.57 bits per heavy atom. The highest BCUT2D eigenvalue weighted by atomic mass is 32.2. The normalized spacial score (nSPS) is 29.3. The second kappa shape index (κ2) is 6.67. The number of nitrogens with zero attached hydrogens (tertiary/aromatic N) is 1. The molecule has 2 atom stereocenters. The van der Waals surface area contributed by atoms with Crippen molar-refractivity contribution < 1.29 is 9.53 Å². The summed E-state index contributed by atoms with van der Waals surface area (Å²) in [5.41, 5.74) is -0.468. The van der Waals surface area contributed by atoms with Crippen LogP contribution in [0.5, 0.6) is 0 Å². The van der Waals surface area contributed by atoms with Gasteiger partial charge in [-0.3, -0.25) is 10.1 Å². The standard InChI is InChI=1S/C15H22N2O2S2/c1-2-19-13(18)15(17-11-5-6-11)7-3-4-12(10-15)21-14-16-8-9-20-14/h8-9,11-12,17H,2-7,10H2,1H3. The van der Waals surface area contributed by atoms with Crippen molar-refractivity contribution in [1.82, 2.24) is 10.3 Å². The summed E-state index contributed by atoms with van der Waals surface area (Å²) in [6, 6.07) is 0.512. The van der Waals surface area contributed by atoms with E-state index in [1.165, 1.54) is 12.8 Å². The fraction of sp³-hybridized carbons (Fsp3) is 0.733. The Morgan fingerprint density at radius 3 is 3.10 bits per heavy atom. The average molecular weight is 326 g/mol. The topological polar surface area (TPSA) is 51.2 Å². The van der Waals surface area contributed by atoms with E-state index in [2.05, 4.69) is 10.3 Å². The van der Waals surface area contributed by atoms with Crippen molar-refractivity contribution in [3.8, 4) is 0 Å². The monoisotopic (exact) mass is 326 g/mol. The second-order valence-corrected chi connectivity index (χ2v) is 8.30. The highest BCUT2D eigenvalue weighted by Crippen LogP contribution is 2.41. The third-order valence-corrected chi connectivity index (χ3v) is 6.29. The summed E-state index contributed by atoms with van der Waals surface area (Å²) < 4.78 is 6.48. The molecule has 4 nitrogen and oxygen atoms in total. The van der Waals surface area contributed by atoms with E-state index in [4.69, 9.17) is 4.74 Å². The van der Waals surface area contributed by atoms with Gasteiger partial charge >= 0.3 is 5.97 Å². The number of carbonyl (C=O) groups excluding carboxylic acids is 1. The molecular formula is C15H22N2O2S2. The van der Waals surface area contributed by atoms with Crippen LogP contribution in [0, 0.1) is 0 Å². The van der Waals surface area contributed by atoms with Crippen molar-refractivity contribution in [2.24, 2.45) is 0 Å². The van der Waals surface area contributed by atoms with E-state index in [0.29, 0.717) is 17.9 Å². The summed E-state index contributed by atoms with van der Waals surface area (Å²) in [5, 5.41) is 6.05. The maximum absolute atomic E-state index is 12.5. The lowest BCUT2D eigenvalue weighted by atomic mass is 9.81. The first-order valence-electron chi connectivity index (χ1n) is 7.73. The average Bonchev–Trinajstić information content (AvgIpc) is 3.13. The summed E-state index contributed by atoms with van der Waals surface area (Å²) >= 11 is 3.49. The molecule has 1 heterocycles. The molecule has 0 aromatic carbocycles. The summed E-state index contributed by atoms with van der Waals surface area (Å²) in [6.45, 7) is 2.34. The highest BCUT2D eigenvalue weighted by Gasteiger charge is 2.47. The lowest BCUT2D eigenvalue weighted by Gasteiger charge is -2.39. The van der Waals surface area contributed by atoms with Gasteiger partial charge in [0.15, 0.2) is 0 Å². The summed E-state index contributed by atoms with van der Waals surface area (Å²) in [7, 11) is 0. The third-order valence-electron chi connectivity index (χ3n) is 4.11. The number of thioether (sulfide) groups is 1. The van der Waals surface area contributed by atoms with Crippen LogP contribution in [0.4, 0.5) is 0 Å². The van der Waals surface area contributed by atoms with Crippen LogP contribution in [0.1, 0.15) is 45.4 Å². The van der Waals surface area contributed by atoms with Gasteiger partial charge in [-0.15, -0.1) is 11.3 Å². The minimum atomic E-state index is -0.468. The van der Waals surface area contributed by atoms with Gasteiger partial charge in [-0.2, -0.15) is 0 Å². The molecule has 2 fully saturated rings. The zero-order valence-electron chi connectivity index (χ0n) is 12.3. The maximum atomic E-state index is 12.5. The van der Waals surface area contributed by atoms with Crippen LogP contribution in [-0.2, 0) is 9.53 Å². The van der Waals surface area contributed by atoms with Crippen molar-refractivity contribution in [3.05, 3.63) is 11.6 Å². The number of hydrogen-bond acceptors (Lipinski definition) is 6. The van der Waals surface area contributed by atoms with Gasteiger partial charge in [0.25, 0.3) is 0 Å². The fourth-order valence-electron chi connectivity index (χ4n) is 3.00. The quantitative estimate of drug-likeness (QED) is 0.813. The molecular weight excluding hydrogens is 304 g/mol. The molecule has 21 heavy (non-hydrogen) atoms. The van der Waals surface area contributed by atoms with Crippen LogP contribution in [0.3, 0.4) is 0 Å². The number of hydrogen-bond donors (Lipinski definition) is 1. The van der Waals surface area contributed by atoms with Gasteiger partial charge in [0.1, 0.15) is 9.88 Å². The lowest BCUT2D eigenvalue weighted by Crippen LogP contribution is -2.57. The first-order chi connectivity index (χ1) is 10.2. The number of esters is 1. The molecule has 2 aliphatic carbocycles. The Balaban J connectivity index is 1.70. The molecule has 0 saturated heterocycles. The molecule has 1 aromatic rings. The lowest BCUT2D eigenvalue weighted by molar-refractivity contribution is -0.152. The Kier molecular flexibility index (Phi) is 4.86. The molecule has 2 saturated carbocycles. The zero-order chi connectivity index (χ0) is 14.7. The molecule has 116 valence electrons.